The summed E-state index contributed by atoms with van der Waals surface area (Å²) in [5.74, 6) is 0.245. The van der Waals surface area contributed by atoms with Gasteiger partial charge < -0.3 is 15.5 Å². The summed E-state index contributed by atoms with van der Waals surface area (Å²) in [6.07, 6.45) is 4.70. The number of carbonyl (C=O) groups is 2. The van der Waals surface area contributed by atoms with Gasteiger partial charge in [-0.05, 0) is 55.5 Å². The van der Waals surface area contributed by atoms with E-state index in [-0.39, 0.29) is 35.9 Å². The van der Waals surface area contributed by atoms with Crippen LogP contribution in [-0.4, -0.2) is 29.3 Å². The van der Waals surface area contributed by atoms with Gasteiger partial charge in [-0.2, -0.15) is 0 Å². The molecule has 3 aliphatic rings. The summed E-state index contributed by atoms with van der Waals surface area (Å²) >= 11 is 0. The molecule has 0 bridgehead atoms. The molecule has 0 spiro atoms. The Balaban J connectivity index is 1.27. The highest BCUT2D eigenvalue weighted by atomic mass is 16.2. The summed E-state index contributed by atoms with van der Waals surface area (Å²) in [5, 5.41) is 7.02. The molecule has 3 aromatic rings. The van der Waals surface area contributed by atoms with E-state index in [4.69, 9.17) is 0 Å². The van der Waals surface area contributed by atoms with E-state index < -0.39 is 0 Å². The molecule has 2 amide bonds. The molecule has 0 aromatic heterocycles. The fourth-order valence-corrected chi connectivity index (χ4v) is 6.73. The molecule has 2 aliphatic heterocycles. The van der Waals surface area contributed by atoms with Crippen LogP contribution < -0.4 is 10.6 Å². The van der Waals surface area contributed by atoms with E-state index in [1.807, 2.05) is 31.2 Å². The first kappa shape index (κ1) is 23.8. The first-order valence-corrected chi connectivity index (χ1v) is 13.7. The predicted octanol–water partition coefficient (Wildman–Crippen LogP) is 6.04. The molecule has 190 valence electrons. The van der Waals surface area contributed by atoms with Gasteiger partial charge in [-0.15, -0.1) is 0 Å². The summed E-state index contributed by atoms with van der Waals surface area (Å²) in [7, 11) is 0. The Morgan fingerprint density at radius 3 is 2.41 bits per heavy atom. The van der Waals surface area contributed by atoms with Crippen molar-refractivity contribution in [3.8, 4) is 0 Å². The van der Waals surface area contributed by atoms with Gasteiger partial charge in [0, 0.05) is 29.8 Å². The standard InChI is InChI=1S/C32H35N3O2/c1-21-15-17-23(18-16-21)31(36)34-28-14-8-6-12-25(28)32(37)35-20-19-26-29(22-9-3-2-4-10-22)33-27-13-7-5-11-24(27)30(26)35/h2-5,7,9-11,13,15-18,25-26,28-30,33H,6,8,12,14,19-20H2,1H3,(H,34,36)/t25-,26+,28+,29-,30-/m0/s1. The Kier molecular flexibility index (Phi) is 6.45. The second kappa shape index (κ2) is 10.0. The van der Waals surface area contributed by atoms with Gasteiger partial charge in [0.15, 0.2) is 0 Å². The molecule has 5 atom stereocenters. The van der Waals surface area contributed by atoms with E-state index >= 15 is 0 Å². The van der Waals surface area contributed by atoms with Crippen LogP contribution in [0.15, 0.2) is 78.9 Å². The third-order valence-corrected chi connectivity index (χ3v) is 8.62. The Labute approximate surface area is 219 Å². The number of para-hydroxylation sites is 1. The molecule has 0 unspecified atom stereocenters. The average Bonchev–Trinajstić information content (AvgIpc) is 3.39. The zero-order valence-corrected chi connectivity index (χ0v) is 21.4. The van der Waals surface area contributed by atoms with Crippen LogP contribution in [0.4, 0.5) is 5.69 Å². The highest BCUT2D eigenvalue weighted by molar-refractivity contribution is 5.95. The zero-order chi connectivity index (χ0) is 25.4. The lowest BCUT2D eigenvalue weighted by molar-refractivity contribution is -0.138. The van der Waals surface area contributed by atoms with Gasteiger partial charge in [0.1, 0.15) is 0 Å². The van der Waals surface area contributed by atoms with E-state index in [0.717, 1.165) is 49.9 Å². The van der Waals surface area contributed by atoms with Gasteiger partial charge in [-0.3, -0.25) is 9.59 Å². The molecule has 3 aromatic carbocycles. The predicted molar refractivity (Wildman–Crippen MR) is 146 cm³/mol. The van der Waals surface area contributed by atoms with Crippen LogP contribution in [0.5, 0.6) is 0 Å². The SMILES string of the molecule is Cc1ccc(C(=O)N[C@@H]2CCCC[C@@H]2C(=O)N2CC[C@@H]3[C@H](c4ccccc4)Nc4ccccc4[C@@H]32)cc1. The maximum Gasteiger partial charge on any atom is 0.251 e. The highest BCUT2D eigenvalue weighted by Gasteiger charge is 2.48. The Morgan fingerprint density at radius 1 is 0.865 bits per heavy atom. The van der Waals surface area contributed by atoms with Crippen LogP contribution >= 0.6 is 0 Å². The lowest BCUT2D eigenvalue weighted by Crippen LogP contribution is -2.50. The van der Waals surface area contributed by atoms with Crippen molar-refractivity contribution < 1.29 is 9.59 Å². The molecule has 2 heterocycles. The number of likely N-dealkylation sites (tertiary alicyclic amines) is 1. The van der Waals surface area contributed by atoms with E-state index in [1.165, 1.54) is 11.1 Å². The largest absolute Gasteiger partial charge is 0.378 e. The van der Waals surface area contributed by atoms with Gasteiger partial charge >= 0.3 is 0 Å². The number of nitrogens with zero attached hydrogens (tertiary/aromatic N) is 1. The number of aryl methyl sites for hydroxylation is 1. The third kappa shape index (κ3) is 4.52. The lowest BCUT2D eigenvalue weighted by atomic mass is 9.79. The van der Waals surface area contributed by atoms with Crippen LogP contribution in [0.3, 0.4) is 0 Å². The van der Waals surface area contributed by atoms with Crippen LogP contribution in [0.1, 0.15) is 71.2 Å². The van der Waals surface area contributed by atoms with E-state index in [0.29, 0.717) is 11.5 Å². The van der Waals surface area contributed by atoms with Crippen molar-refractivity contribution in [1.29, 1.82) is 0 Å². The maximum atomic E-state index is 14.2. The minimum atomic E-state index is -0.181. The minimum absolute atomic E-state index is 0.0468. The van der Waals surface area contributed by atoms with Crippen molar-refractivity contribution in [3.05, 3.63) is 101 Å². The lowest BCUT2D eigenvalue weighted by Gasteiger charge is -2.42. The molecule has 1 saturated heterocycles. The highest BCUT2D eigenvalue weighted by Crippen LogP contribution is 2.51. The number of fused-ring (bicyclic) bond motifs is 3. The normalized spacial score (nSPS) is 26.5. The fraction of sp³-hybridized carbons (Fsp3) is 0.375. The summed E-state index contributed by atoms with van der Waals surface area (Å²) in [6.45, 7) is 2.77. The molecule has 37 heavy (non-hydrogen) atoms. The topological polar surface area (TPSA) is 61.4 Å². The minimum Gasteiger partial charge on any atom is -0.378 e. The molecule has 1 saturated carbocycles. The monoisotopic (exact) mass is 493 g/mol. The van der Waals surface area contributed by atoms with Crippen molar-refractivity contribution in [2.45, 2.75) is 57.2 Å². The number of benzene rings is 3. The Morgan fingerprint density at radius 2 is 1.59 bits per heavy atom. The quantitative estimate of drug-likeness (QED) is 0.466. The first-order chi connectivity index (χ1) is 18.1. The molecule has 5 nitrogen and oxygen atoms in total. The van der Waals surface area contributed by atoms with Gasteiger partial charge in [-0.1, -0.05) is 79.1 Å². The number of hydrogen-bond donors (Lipinski definition) is 2. The fourth-order valence-electron chi connectivity index (χ4n) is 6.73. The summed E-state index contributed by atoms with van der Waals surface area (Å²) in [4.78, 5) is 29.4. The van der Waals surface area contributed by atoms with Crippen molar-refractivity contribution >= 4 is 17.5 Å². The summed E-state index contributed by atoms with van der Waals surface area (Å²) in [5.41, 5.74) is 5.37. The van der Waals surface area contributed by atoms with Crippen LogP contribution in [-0.2, 0) is 4.79 Å². The second-order valence-corrected chi connectivity index (χ2v) is 10.9. The number of nitrogens with one attached hydrogen (secondary N) is 2. The van der Waals surface area contributed by atoms with Crippen molar-refractivity contribution in [2.75, 3.05) is 11.9 Å². The Hall–Kier alpha value is -3.60. The molecule has 1 aliphatic carbocycles. The van der Waals surface area contributed by atoms with E-state index in [2.05, 4.69) is 70.1 Å². The molecule has 2 N–H and O–H groups in total. The van der Waals surface area contributed by atoms with Gasteiger partial charge in [-0.25, -0.2) is 0 Å². The smallest absolute Gasteiger partial charge is 0.251 e. The average molecular weight is 494 g/mol. The zero-order valence-electron chi connectivity index (χ0n) is 21.4. The number of carbonyl (C=O) groups excluding carboxylic acids is 2. The molecule has 2 fully saturated rings. The first-order valence-electron chi connectivity index (χ1n) is 13.7. The van der Waals surface area contributed by atoms with Crippen molar-refractivity contribution in [2.24, 2.45) is 11.8 Å². The Bertz CT molecular complexity index is 1270. The molecular formula is C32H35N3O2. The molecule has 5 heteroatoms. The molecule has 0 radical (unpaired) electrons. The maximum absolute atomic E-state index is 14.2. The number of amides is 2. The second-order valence-electron chi connectivity index (χ2n) is 10.9. The van der Waals surface area contributed by atoms with Crippen LogP contribution in [0.2, 0.25) is 0 Å². The van der Waals surface area contributed by atoms with Crippen molar-refractivity contribution in [1.82, 2.24) is 10.2 Å². The van der Waals surface area contributed by atoms with Gasteiger partial charge in [0.05, 0.1) is 18.0 Å². The van der Waals surface area contributed by atoms with E-state index in [1.54, 1.807) is 0 Å². The molecular weight excluding hydrogens is 458 g/mol. The number of hydrogen-bond acceptors (Lipinski definition) is 3. The van der Waals surface area contributed by atoms with E-state index in [9.17, 15) is 9.59 Å². The van der Waals surface area contributed by atoms with Gasteiger partial charge in [0.25, 0.3) is 5.91 Å². The number of rotatable bonds is 4. The van der Waals surface area contributed by atoms with Crippen LogP contribution in [0.25, 0.3) is 0 Å². The van der Waals surface area contributed by atoms with Crippen LogP contribution in [0, 0.1) is 18.8 Å². The van der Waals surface area contributed by atoms with Crippen molar-refractivity contribution in [3.63, 3.8) is 0 Å². The number of anilines is 1. The molecule has 6 rings (SSSR count). The third-order valence-electron chi connectivity index (χ3n) is 8.62. The van der Waals surface area contributed by atoms with Gasteiger partial charge in [0.2, 0.25) is 5.91 Å². The summed E-state index contributed by atoms with van der Waals surface area (Å²) in [6, 6.07) is 26.8. The summed E-state index contributed by atoms with van der Waals surface area (Å²) < 4.78 is 0.